The highest BCUT2D eigenvalue weighted by Crippen LogP contribution is 2.45. The van der Waals surface area contributed by atoms with Gasteiger partial charge in [-0.1, -0.05) is 24.3 Å². The summed E-state index contributed by atoms with van der Waals surface area (Å²) in [7, 11) is -3.20. The number of rotatable bonds is 5. The van der Waals surface area contributed by atoms with Gasteiger partial charge in [0.05, 0.1) is 4.90 Å². The lowest BCUT2D eigenvalue weighted by Crippen LogP contribution is -2.30. The van der Waals surface area contributed by atoms with Gasteiger partial charge in [0.1, 0.15) is 0 Å². The quantitative estimate of drug-likeness (QED) is 0.772. The molecule has 0 amide bonds. The van der Waals surface area contributed by atoms with Crippen LogP contribution in [-0.2, 0) is 9.84 Å². The first kappa shape index (κ1) is 20.1. The molecule has 2 aromatic carbocycles. The molecule has 1 aliphatic carbocycles. The van der Waals surface area contributed by atoms with Crippen molar-refractivity contribution in [1.82, 2.24) is 5.32 Å². The van der Waals surface area contributed by atoms with E-state index in [0.29, 0.717) is 16.4 Å². The largest absolute Gasteiger partial charge is 0.586 e. The first-order valence-corrected chi connectivity index (χ1v) is 11.5. The van der Waals surface area contributed by atoms with Crippen molar-refractivity contribution in [3.63, 3.8) is 0 Å². The number of para-hydroxylation sites is 1. The third-order valence-electron chi connectivity index (χ3n) is 5.62. The first-order valence-electron chi connectivity index (χ1n) is 9.57. The Bertz CT molecular complexity index is 1010. The number of halogens is 2. The molecule has 1 N–H and O–H groups in total. The molecule has 0 radical (unpaired) electrons. The summed E-state index contributed by atoms with van der Waals surface area (Å²) in [6, 6.07) is 12.0. The van der Waals surface area contributed by atoms with Crippen LogP contribution in [0.15, 0.2) is 47.4 Å². The molecule has 2 aliphatic rings. The number of ether oxygens (including phenoxy) is 2. The number of nitrogens with one attached hydrogen (secondary N) is 1. The van der Waals surface area contributed by atoms with Gasteiger partial charge < -0.3 is 14.8 Å². The lowest BCUT2D eigenvalue weighted by Gasteiger charge is -2.21. The van der Waals surface area contributed by atoms with Gasteiger partial charge in [0.2, 0.25) is 0 Å². The summed E-state index contributed by atoms with van der Waals surface area (Å²) in [5.74, 6) is 0.471. The number of sulfone groups is 1. The van der Waals surface area contributed by atoms with Crippen molar-refractivity contribution in [3.05, 3.63) is 53.6 Å². The van der Waals surface area contributed by atoms with Crippen molar-refractivity contribution < 1.29 is 26.7 Å². The third-order valence-corrected chi connectivity index (χ3v) is 6.75. The Morgan fingerprint density at radius 3 is 2.52 bits per heavy atom. The van der Waals surface area contributed by atoms with Crippen LogP contribution in [0, 0.1) is 0 Å². The average Bonchev–Trinajstić information content (AvgIpc) is 3.23. The molecule has 4 rings (SSSR count). The van der Waals surface area contributed by atoms with Gasteiger partial charge in [0, 0.05) is 23.9 Å². The summed E-state index contributed by atoms with van der Waals surface area (Å²) in [5.41, 5.74) is 1.76. The van der Waals surface area contributed by atoms with E-state index < -0.39 is 16.1 Å². The standard InChI is InChI=1S/C21H23F2NO4S/c1-13(18-4-3-5-19-20(18)28-21(22,23)27-19)24-16-9-6-15(12-16)14-7-10-17(11-8-14)29(2,25)26/h3-5,7-8,10-11,13,15-16,24H,6,9,12H2,1-2H3/t13-,15+,16?/m1/s1. The molecule has 1 heterocycles. The van der Waals surface area contributed by atoms with Crippen LogP contribution in [0.3, 0.4) is 0 Å². The van der Waals surface area contributed by atoms with E-state index in [1.807, 2.05) is 19.1 Å². The second-order valence-electron chi connectivity index (χ2n) is 7.78. The minimum Gasteiger partial charge on any atom is -0.395 e. The van der Waals surface area contributed by atoms with Crippen LogP contribution in [0.5, 0.6) is 11.5 Å². The molecule has 1 aliphatic heterocycles. The van der Waals surface area contributed by atoms with Crippen molar-refractivity contribution in [1.29, 1.82) is 0 Å². The SMILES string of the molecule is C[C@@H](NC1CC[C@H](c2ccc(S(C)(=O)=O)cc2)C1)c1cccc2c1OC(F)(F)O2. The number of fused-ring (bicyclic) bond motifs is 1. The Labute approximate surface area is 168 Å². The van der Waals surface area contributed by atoms with E-state index in [-0.39, 0.29) is 23.6 Å². The van der Waals surface area contributed by atoms with E-state index in [9.17, 15) is 17.2 Å². The molecule has 5 nitrogen and oxygen atoms in total. The Hall–Kier alpha value is -2.19. The van der Waals surface area contributed by atoms with Crippen LogP contribution in [0.2, 0.25) is 0 Å². The summed E-state index contributed by atoms with van der Waals surface area (Å²) >= 11 is 0. The molecular formula is C21H23F2NO4S. The topological polar surface area (TPSA) is 64.6 Å². The fourth-order valence-electron chi connectivity index (χ4n) is 4.20. The molecular weight excluding hydrogens is 400 g/mol. The van der Waals surface area contributed by atoms with E-state index in [1.165, 1.54) is 12.3 Å². The Morgan fingerprint density at radius 2 is 1.83 bits per heavy atom. The number of hydrogen-bond acceptors (Lipinski definition) is 5. The summed E-state index contributed by atoms with van der Waals surface area (Å²) in [5, 5.41) is 3.51. The van der Waals surface area contributed by atoms with Crippen LogP contribution in [0.1, 0.15) is 49.3 Å². The Morgan fingerprint density at radius 1 is 1.10 bits per heavy atom. The highest BCUT2D eigenvalue weighted by Gasteiger charge is 2.45. The average molecular weight is 423 g/mol. The normalized spacial score (nSPS) is 23.9. The maximum atomic E-state index is 13.4. The highest BCUT2D eigenvalue weighted by molar-refractivity contribution is 7.90. The van der Waals surface area contributed by atoms with E-state index >= 15 is 0 Å². The predicted octanol–water partition coefficient (Wildman–Crippen LogP) is 4.40. The van der Waals surface area contributed by atoms with Gasteiger partial charge in [-0.05, 0) is 55.9 Å². The molecule has 0 aromatic heterocycles. The third kappa shape index (κ3) is 4.23. The fraction of sp³-hybridized carbons (Fsp3) is 0.429. The van der Waals surface area contributed by atoms with Crippen molar-refractivity contribution in [2.75, 3.05) is 6.26 Å². The van der Waals surface area contributed by atoms with Gasteiger partial charge in [0.25, 0.3) is 0 Å². The van der Waals surface area contributed by atoms with Gasteiger partial charge in [0.15, 0.2) is 21.3 Å². The maximum absolute atomic E-state index is 13.4. The van der Waals surface area contributed by atoms with Gasteiger partial charge >= 0.3 is 6.29 Å². The molecule has 0 bridgehead atoms. The zero-order valence-electron chi connectivity index (χ0n) is 16.2. The van der Waals surface area contributed by atoms with Gasteiger partial charge in [-0.2, -0.15) is 0 Å². The van der Waals surface area contributed by atoms with Gasteiger partial charge in [-0.3, -0.25) is 0 Å². The van der Waals surface area contributed by atoms with E-state index in [1.54, 1.807) is 24.3 Å². The second kappa shape index (κ2) is 7.25. The summed E-state index contributed by atoms with van der Waals surface area (Å²) < 4.78 is 59.3. The predicted molar refractivity (Wildman–Crippen MR) is 104 cm³/mol. The molecule has 1 fully saturated rings. The van der Waals surface area contributed by atoms with Crippen LogP contribution in [0.25, 0.3) is 0 Å². The lowest BCUT2D eigenvalue weighted by atomic mass is 9.97. The minimum absolute atomic E-state index is 0.0522. The molecule has 2 aromatic rings. The molecule has 3 atom stereocenters. The van der Waals surface area contributed by atoms with Crippen molar-refractivity contribution in [2.45, 2.75) is 55.4 Å². The summed E-state index contributed by atoms with van der Waals surface area (Å²) in [6.07, 6.45) is 0.391. The molecule has 156 valence electrons. The lowest BCUT2D eigenvalue weighted by molar-refractivity contribution is -0.287. The summed E-state index contributed by atoms with van der Waals surface area (Å²) in [4.78, 5) is 0.319. The van der Waals surface area contributed by atoms with Gasteiger partial charge in [-0.15, -0.1) is 8.78 Å². The van der Waals surface area contributed by atoms with Crippen LogP contribution < -0.4 is 14.8 Å². The highest BCUT2D eigenvalue weighted by atomic mass is 32.2. The smallest absolute Gasteiger partial charge is 0.395 e. The van der Waals surface area contributed by atoms with Crippen molar-refractivity contribution >= 4 is 9.84 Å². The molecule has 0 spiro atoms. The maximum Gasteiger partial charge on any atom is 0.586 e. The van der Waals surface area contributed by atoms with Crippen molar-refractivity contribution in [2.24, 2.45) is 0 Å². The molecule has 1 unspecified atom stereocenters. The zero-order chi connectivity index (χ0) is 20.8. The number of alkyl halides is 2. The van der Waals surface area contributed by atoms with Crippen LogP contribution in [-0.4, -0.2) is 27.0 Å². The molecule has 0 saturated heterocycles. The number of hydrogen-bond donors (Lipinski definition) is 1. The number of benzene rings is 2. The van der Waals surface area contributed by atoms with E-state index in [2.05, 4.69) is 10.1 Å². The molecule has 8 heteroatoms. The van der Waals surface area contributed by atoms with E-state index in [0.717, 1.165) is 24.8 Å². The van der Waals surface area contributed by atoms with Crippen molar-refractivity contribution in [3.8, 4) is 11.5 Å². The Balaban J connectivity index is 1.42. The monoisotopic (exact) mass is 423 g/mol. The minimum atomic E-state index is -3.63. The Kier molecular flexibility index (Phi) is 5.02. The zero-order valence-corrected chi connectivity index (χ0v) is 17.0. The van der Waals surface area contributed by atoms with E-state index in [4.69, 9.17) is 4.74 Å². The molecule has 29 heavy (non-hydrogen) atoms. The van der Waals surface area contributed by atoms with Crippen LogP contribution in [0.4, 0.5) is 8.78 Å². The fourth-order valence-corrected chi connectivity index (χ4v) is 4.83. The van der Waals surface area contributed by atoms with Crippen LogP contribution >= 0.6 is 0 Å². The first-order chi connectivity index (χ1) is 13.6. The molecule has 1 saturated carbocycles. The summed E-state index contributed by atoms with van der Waals surface area (Å²) in [6.45, 7) is 1.92. The second-order valence-corrected chi connectivity index (χ2v) is 9.79. The van der Waals surface area contributed by atoms with Gasteiger partial charge in [-0.25, -0.2) is 8.42 Å².